The largest absolute Gasteiger partial charge is 0.508 e. The predicted molar refractivity (Wildman–Crippen MR) is 105 cm³/mol. The van der Waals surface area contributed by atoms with E-state index in [1.54, 1.807) is 0 Å². The average molecular weight is 436 g/mol. The van der Waals surface area contributed by atoms with E-state index in [0.717, 1.165) is 6.07 Å². The molecular formula is C21H24O10. The molecule has 31 heavy (non-hydrogen) atoms. The van der Waals surface area contributed by atoms with Gasteiger partial charge in [-0.1, -0.05) is 12.1 Å². The van der Waals surface area contributed by atoms with Gasteiger partial charge in [-0.15, -0.1) is 0 Å². The summed E-state index contributed by atoms with van der Waals surface area (Å²) in [6.45, 7) is -0.618. The normalized spacial score (nSPS) is 26.9. The molecule has 0 radical (unpaired) electrons. The number of aliphatic hydroxyl groups is 5. The van der Waals surface area contributed by atoms with Gasteiger partial charge in [0.05, 0.1) is 18.3 Å². The molecule has 0 bridgehead atoms. The molecule has 0 spiro atoms. The maximum Gasteiger partial charge on any atom is 0.229 e. The maximum atomic E-state index is 12.5. The lowest BCUT2D eigenvalue weighted by molar-refractivity contribution is -0.277. The first-order chi connectivity index (χ1) is 14.7. The van der Waals surface area contributed by atoms with Crippen LogP contribution in [-0.4, -0.2) is 78.8 Å². The van der Waals surface area contributed by atoms with Crippen molar-refractivity contribution in [2.24, 2.45) is 0 Å². The fourth-order valence-corrected chi connectivity index (χ4v) is 3.22. The standard InChI is InChI=1S/C21H24O10/c22-9-17-18(27)19(28)20(29)21(31-17)30-12-5-6-13(15(25)7-12)16(26)8-14(24)10-1-3-11(23)4-2-10/h1-7,14,17-25,27-29H,8-9H2. The van der Waals surface area contributed by atoms with Crippen LogP contribution in [0.4, 0.5) is 0 Å². The Morgan fingerprint density at radius 3 is 2.29 bits per heavy atom. The first kappa shape index (κ1) is 22.9. The van der Waals surface area contributed by atoms with Gasteiger partial charge in [0, 0.05) is 12.5 Å². The van der Waals surface area contributed by atoms with Crippen LogP contribution in [0.2, 0.25) is 0 Å². The Labute approximate surface area is 177 Å². The van der Waals surface area contributed by atoms with Gasteiger partial charge in [0.2, 0.25) is 6.29 Å². The van der Waals surface area contributed by atoms with Crippen LogP contribution in [0.3, 0.4) is 0 Å². The summed E-state index contributed by atoms with van der Waals surface area (Å²) >= 11 is 0. The Balaban J connectivity index is 1.68. The third kappa shape index (κ3) is 5.13. The summed E-state index contributed by atoms with van der Waals surface area (Å²) < 4.78 is 10.6. The molecule has 0 aliphatic carbocycles. The van der Waals surface area contributed by atoms with Crippen molar-refractivity contribution in [2.75, 3.05) is 6.61 Å². The molecule has 0 aromatic heterocycles. The molecule has 6 unspecified atom stereocenters. The molecular weight excluding hydrogens is 412 g/mol. The van der Waals surface area contributed by atoms with E-state index < -0.39 is 54.9 Å². The highest BCUT2D eigenvalue weighted by Crippen LogP contribution is 2.30. The van der Waals surface area contributed by atoms with Crippen LogP contribution in [0.1, 0.15) is 28.4 Å². The van der Waals surface area contributed by atoms with E-state index in [1.807, 2.05) is 0 Å². The first-order valence-corrected chi connectivity index (χ1v) is 9.51. The zero-order valence-electron chi connectivity index (χ0n) is 16.3. The van der Waals surface area contributed by atoms with Crippen molar-refractivity contribution >= 4 is 5.78 Å². The van der Waals surface area contributed by atoms with Gasteiger partial charge in [-0.05, 0) is 29.8 Å². The van der Waals surface area contributed by atoms with Crippen LogP contribution in [-0.2, 0) is 4.74 Å². The first-order valence-electron chi connectivity index (χ1n) is 9.51. The monoisotopic (exact) mass is 436 g/mol. The minimum absolute atomic E-state index is 0.00235. The van der Waals surface area contributed by atoms with Gasteiger partial charge in [0.1, 0.15) is 41.7 Å². The smallest absolute Gasteiger partial charge is 0.229 e. The Bertz CT molecular complexity index is 898. The summed E-state index contributed by atoms with van der Waals surface area (Å²) in [5.74, 6) is -0.963. The third-order valence-corrected chi connectivity index (χ3v) is 5.03. The van der Waals surface area contributed by atoms with Crippen LogP contribution in [0.25, 0.3) is 0 Å². The molecule has 1 aliphatic rings. The van der Waals surface area contributed by atoms with Crippen molar-refractivity contribution in [3.63, 3.8) is 0 Å². The van der Waals surface area contributed by atoms with Crippen molar-refractivity contribution in [3.05, 3.63) is 53.6 Å². The number of Topliss-reactive ketones (excluding diaryl/α,β-unsaturated/α-hetero) is 1. The molecule has 0 saturated carbocycles. The topological polar surface area (TPSA) is 177 Å². The van der Waals surface area contributed by atoms with Crippen molar-refractivity contribution in [1.29, 1.82) is 0 Å². The van der Waals surface area contributed by atoms with Crippen LogP contribution in [0.15, 0.2) is 42.5 Å². The number of rotatable bonds is 7. The molecule has 2 aromatic carbocycles. The minimum Gasteiger partial charge on any atom is -0.508 e. The third-order valence-electron chi connectivity index (χ3n) is 5.03. The van der Waals surface area contributed by atoms with Crippen molar-refractivity contribution < 1.29 is 50.0 Å². The van der Waals surface area contributed by atoms with Crippen LogP contribution >= 0.6 is 0 Å². The molecule has 168 valence electrons. The highest BCUT2D eigenvalue weighted by atomic mass is 16.7. The van der Waals surface area contributed by atoms with E-state index in [9.17, 15) is 40.5 Å². The lowest BCUT2D eigenvalue weighted by Crippen LogP contribution is -2.60. The highest BCUT2D eigenvalue weighted by molar-refractivity contribution is 5.99. The Kier molecular flexibility index (Phi) is 7.11. The van der Waals surface area contributed by atoms with Crippen LogP contribution in [0, 0.1) is 0 Å². The van der Waals surface area contributed by atoms with E-state index in [4.69, 9.17) is 9.47 Å². The molecule has 0 amide bonds. The molecule has 1 fully saturated rings. The van der Waals surface area contributed by atoms with Gasteiger partial charge in [-0.25, -0.2) is 0 Å². The molecule has 2 aromatic rings. The van der Waals surface area contributed by atoms with Crippen molar-refractivity contribution in [1.82, 2.24) is 0 Å². The van der Waals surface area contributed by atoms with E-state index in [0.29, 0.717) is 5.56 Å². The Morgan fingerprint density at radius 1 is 1.00 bits per heavy atom. The second-order valence-electron chi connectivity index (χ2n) is 7.23. The molecule has 6 atom stereocenters. The molecule has 10 nitrogen and oxygen atoms in total. The summed E-state index contributed by atoms with van der Waals surface area (Å²) in [7, 11) is 0. The number of aromatic hydroxyl groups is 2. The number of benzene rings is 2. The summed E-state index contributed by atoms with van der Waals surface area (Å²) in [5.41, 5.74) is 0.354. The number of aliphatic hydroxyl groups excluding tert-OH is 5. The second kappa shape index (κ2) is 9.60. The number of carbonyl (C=O) groups is 1. The summed E-state index contributed by atoms with van der Waals surface area (Å²) in [6.07, 6.45) is -8.82. The van der Waals surface area contributed by atoms with Gasteiger partial charge < -0.3 is 45.2 Å². The number of hydrogen-bond acceptors (Lipinski definition) is 10. The summed E-state index contributed by atoms with van der Waals surface area (Å²) in [5, 5.41) is 68.6. The van der Waals surface area contributed by atoms with E-state index in [2.05, 4.69) is 0 Å². The molecule has 1 saturated heterocycles. The van der Waals surface area contributed by atoms with Gasteiger partial charge in [-0.3, -0.25) is 4.79 Å². The van der Waals surface area contributed by atoms with Crippen LogP contribution < -0.4 is 4.74 Å². The van der Waals surface area contributed by atoms with Gasteiger partial charge in [-0.2, -0.15) is 0 Å². The summed E-state index contributed by atoms with van der Waals surface area (Å²) in [6, 6.07) is 9.40. The quantitative estimate of drug-likeness (QED) is 0.282. The minimum atomic E-state index is -1.62. The van der Waals surface area contributed by atoms with E-state index >= 15 is 0 Å². The Hall–Kier alpha value is -2.73. The molecule has 3 rings (SSSR count). The number of hydrogen-bond donors (Lipinski definition) is 7. The number of phenolic OH excluding ortho intramolecular Hbond substituents is 2. The van der Waals surface area contributed by atoms with Crippen molar-refractivity contribution in [3.8, 4) is 17.2 Å². The molecule has 7 N–H and O–H groups in total. The average Bonchev–Trinajstić information content (AvgIpc) is 2.74. The number of ketones is 1. The predicted octanol–water partition coefficient (Wildman–Crippen LogP) is -0.417. The number of phenols is 2. The van der Waals surface area contributed by atoms with E-state index in [1.165, 1.54) is 36.4 Å². The van der Waals surface area contributed by atoms with Crippen LogP contribution in [0.5, 0.6) is 17.2 Å². The van der Waals surface area contributed by atoms with Gasteiger partial charge in [0.15, 0.2) is 5.78 Å². The molecule has 10 heteroatoms. The molecule has 1 heterocycles. The lowest BCUT2D eigenvalue weighted by atomic mass is 9.99. The van der Waals surface area contributed by atoms with Gasteiger partial charge in [0.25, 0.3) is 0 Å². The second-order valence-corrected chi connectivity index (χ2v) is 7.23. The Morgan fingerprint density at radius 2 is 1.68 bits per heavy atom. The maximum absolute atomic E-state index is 12.5. The highest BCUT2D eigenvalue weighted by Gasteiger charge is 2.44. The van der Waals surface area contributed by atoms with Gasteiger partial charge >= 0.3 is 0 Å². The zero-order chi connectivity index (χ0) is 22.7. The fourth-order valence-electron chi connectivity index (χ4n) is 3.22. The number of carbonyl (C=O) groups excluding carboxylic acids is 1. The zero-order valence-corrected chi connectivity index (χ0v) is 16.3. The lowest BCUT2D eigenvalue weighted by Gasteiger charge is -2.39. The summed E-state index contributed by atoms with van der Waals surface area (Å²) in [4.78, 5) is 12.5. The molecule has 1 aliphatic heterocycles. The fraction of sp³-hybridized carbons (Fsp3) is 0.381. The SMILES string of the molecule is O=C(CC(O)c1ccc(O)cc1)c1ccc(OC2OC(CO)C(O)C(O)C2O)cc1O. The number of ether oxygens (including phenoxy) is 2. The van der Waals surface area contributed by atoms with Crippen molar-refractivity contribution in [2.45, 2.75) is 43.2 Å². The van der Waals surface area contributed by atoms with E-state index in [-0.39, 0.29) is 23.5 Å².